The molecule has 1 aliphatic carbocycles. The molecule has 1 heterocycles. The van der Waals surface area contributed by atoms with Gasteiger partial charge in [-0.05, 0) is 49.4 Å². The minimum absolute atomic E-state index is 0.0104. The molecule has 0 bridgehead atoms. The minimum atomic E-state index is -0.0104. The summed E-state index contributed by atoms with van der Waals surface area (Å²) in [6, 6.07) is 15.3. The standard InChI is InChI=1S/C24H26Cl2N6O/c1-27-23-30-21(16-5-3-2-4-6-16)31-24(32-23)29-20-9-7-17(8-10-20)22(33)28-14-15-11-18(25)13-19(26)12-15/h2-6,11-13,17,20H,7-10,14H2,1H3,(H,28,33)(H2,27,29,30,31,32). The Labute approximate surface area is 203 Å². The van der Waals surface area contributed by atoms with Gasteiger partial charge in [-0.3, -0.25) is 4.79 Å². The van der Waals surface area contributed by atoms with Crippen LogP contribution in [-0.4, -0.2) is 33.9 Å². The van der Waals surface area contributed by atoms with Crippen molar-refractivity contribution in [2.75, 3.05) is 17.7 Å². The topological polar surface area (TPSA) is 91.8 Å². The number of nitrogens with one attached hydrogen (secondary N) is 3. The van der Waals surface area contributed by atoms with E-state index >= 15 is 0 Å². The molecule has 0 spiro atoms. The summed E-state index contributed by atoms with van der Waals surface area (Å²) in [5, 5.41) is 10.6. The van der Waals surface area contributed by atoms with E-state index in [0.29, 0.717) is 34.3 Å². The molecule has 0 unspecified atom stereocenters. The van der Waals surface area contributed by atoms with Gasteiger partial charge in [0.1, 0.15) is 0 Å². The zero-order valence-corrected chi connectivity index (χ0v) is 19.8. The van der Waals surface area contributed by atoms with Crippen LogP contribution in [0.15, 0.2) is 48.5 Å². The summed E-state index contributed by atoms with van der Waals surface area (Å²) in [6.07, 6.45) is 3.33. The lowest BCUT2D eigenvalue weighted by Crippen LogP contribution is -2.35. The second kappa shape index (κ2) is 10.8. The Morgan fingerprint density at radius 1 is 0.939 bits per heavy atom. The fraction of sp³-hybridized carbons (Fsp3) is 0.333. The number of hydrogen-bond acceptors (Lipinski definition) is 6. The number of carbonyl (C=O) groups excluding carboxylic acids is 1. The number of hydrogen-bond donors (Lipinski definition) is 3. The number of rotatable bonds is 7. The molecule has 3 N–H and O–H groups in total. The number of nitrogens with zero attached hydrogens (tertiary/aromatic N) is 3. The monoisotopic (exact) mass is 484 g/mol. The van der Waals surface area contributed by atoms with Crippen molar-refractivity contribution in [1.82, 2.24) is 20.3 Å². The molecule has 1 fully saturated rings. The van der Waals surface area contributed by atoms with Gasteiger partial charge in [-0.15, -0.1) is 0 Å². The van der Waals surface area contributed by atoms with Crippen molar-refractivity contribution in [2.24, 2.45) is 5.92 Å². The molecule has 33 heavy (non-hydrogen) atoms. The molecule has 1 saturated carbocycles. The molecule has 2 aromatic carbocycles. The van der Waals surface area contributed by atoms with E-state index in [0.717, 1.165) is 36.8 Å². The average molecular weight is 485 g/mol. The van der Waals surface area contributed by atoms with Crippen LogP contribution in [0.25, 0.3) is 11.4 Å². The summed E-state index contributed by atoms with van der Waals surface area (Å²) in [4.78, 5) is 26.2. The first-order valence-corrected chi connectivity index (χ1v) is 11.7. The Bertz CT molecular complexity index is 1080. The Hall–Kier alpha value is -2.90. The third-order valence-electron chi connectivity index (χ3n) is 5.71. The van der Waals surface area contributed by atoms with Gasteiger partial charge in [0.25, 0.3) is 0 Å². The molecule has 9 heteroatoms. The maximum Gasteiger partial charge on any atom is 0.228 e. The van der Waals surface area contributed by atoms with Crippen LogP contribution in [-0.2, 0) is 11.3 Å². The fourth-order valence-corrected chi connectivity index (χ4v) is 4.57. The highest BCUT2D eigenvalue weighted by Crippen LogP contribution is 2.27. The normalized spacial score (nSPS) is 17.9. The van der Waals surface area contributed by atoms with Gasteiger partial charge in [0.05, 0.1) is 0 Å². The van der Waals surface area contributed by atoms with Crippen molar-refractivity contribution in [1.29, 1.82) is 0 Å². The van der Waals surface area contributed by atoms with Gasteiger partial charge in [-0.2, -0.15) is 15.0 Å². The lowest BCUT2D eigenvalue weighted by atomic mass is 9.85. The molecule has 1 aliphatic rings. The van der Waals surface area contributed by atoms with E-state index in [1.807, 2.05) is 42.5 Å². The Balaban J connectivity index is 1.32. The highest BCUT2D eigenvalue weighted by molar-refractivity contribution is 6.34. The lowest BCUT2D eigenvalue weighted by Gasteiger charge is -2.28. The summed E-state index contributed by atoms with van der Waals surface area (Å²) in [5.41, 5.74) is 1.82. The van der Waals surface area contributed by atoms with Gasteiger partial charge in [0, 0.05) is 41.2 Å². The van der Waals surface area contributed by atoms with Crippen molar-refractivity contribution in [2.45, 2.75) is 38.3 Å². The van der Waals surface area contributed by atoms with Crippen LogP contribution in [0, 0.1) is 5.92 Å². The first kappa shape index (κ1) is 23.3. The first-order chi connectivity index (χ1) is 16.0. The second-order valence-electron chi connectivity index (χ2n) is 8.11. The smallest absolute Gasteiger partial charge is 0.228 e. The average Bonchev–Trinajstić information content (AvgIpc) is 2.83. The Morgan fingerprint density at radius 2 is 1.61 bits per heavy atom. The van der Waals surface area contributed by atoms with Crippen LogP contribution in [0.3, 0.4) is 0 Å². The molecule has 0 saturated heterocycles. The SMILES string of the molecule is CNc1nc(NC2CCC(C(=O)NCc3cc(Cl)cc(Cl)c3)CC2)nc(-c2ccccc2)n1. The summed E-state index contributed by atoms with van der Waals surface area (Å²) >= 11 is 12.1. The van der Waals surface area contributed by atoms with E-state index in [2.05, 4.69) is 30.9 Å². The third-order valence-corrected chi connectivity index (χ3v) is 6.15. The maximum absolute atomic E-state index is 12.7. The molecule has 4 rings (SSSR count). The van der Waals surface area contributed by atoms with Gasteiger partial charge >= 0.3 is 0 Å². The Morgan fingerprint density at radius 3 is 2.27 bits per heavy atom. The highest BCUT2D eigenvalue weighted by Gasteiger charge is 2.26. The van der Waals surface area contributed by atoms with E-state index in [4.69, 9.17) is 23.2 Å². The van der Waals surface area contributed by atoms with Crippen molar-refractivity contribution in [3.63, 3.8) is 0 Å². The van der Waals surface area contributed by atoms with Gasteiger partial charge in [0.2, 0.25) is 17.8 Å². The van der Waals surface area contributed by atoms with Crippen LogP contribution >= 0.6 is 23.2 Å². The predicted molar refractivity (Wildman–Crippen MR) is 132 cm³/mol. The molecule has 1 amide bonds. The zero-order valence-electron chi connectivity index (χ0n) is 18.3. The van der Waals surface area contributed by atoms with Crippen molar-refractivity contribution < 1.29 is 4.79 Å². The molecule has 7 nitrogen and oxygen atoms in total. The summed E-state index contributed by atoms with van der Waals surface area (Å²) < 4.78 is 0. The number of amides is 1. The molecule has 0 aliphatic heterocycles. The summed E-state index contributed by atoms with van der Waals surface area (Å²) in [5.74, 6) is 1.73. The third kappa shape index (κ3) is 6.33. The van der Waals surface area contributed by atoms with E-state index in [1.165, 1.54) is 0 Å². The maximum atomic E-state index is 12.7. The number of anilines is 2. The van der Waals surface area contributed by atoms with Crippen molar-refractivity contribution in [3.8, 4) is 11.4 Å². The molecule has 172 valence electrons. The molecule has 0 radical (unpaired) electrons. The molecule has 1 aromatic heterocycles. The summed E-state index contributed by atoms with van der Waals surface area (Å²) in [6.45, 7) is 0.414. The molecule has 3 aromatic rings. The molecular weight excluding hydrogens is 459 g/mol. The van der Waals surface area contributed by atoms with E-state index in [-0.39, 0.29) is 17.9 Å². The van der Waals surface area contributed by atoms with Crippen LogP contribution in [0.1, 0.15) is 31.2 Å². The van der Waals surface area contributed by atoms with Gasteiger partial charge in [-0.25, -0.2) is 0 Å². The van der Waals surface area contributed by atoms with E-state index in [9.17, 15) is 4.79 Å². The van der Waals surface area contributed by atoms with Crippen LogP contribution in [0.2, 0.25) is 10.0 Å². The van der Waals surface area contributed by atoms with Crippen molar-refractivity contribution in [3.05, 3.63) is 64.1 Å². The number of benzene rings is 2. The first-order valence-electron chi connectivity index (χ1n) is 11.0. The number of halogens is 2. The summed E-state index contributed by atoms with van der Waals surface area (Å²) in [7, 11) is 1.79. The van der Waals surface area contributed by atoms with Gasteiger partial charge in [0.15, 0.2) is 5.82 Å². The van der Waals surface area contributed by atoms with Gasteiger partial charge < -0.3 is 16.0 Å². The second-order valence-corrected chi connectivity index (χ2v) is 8.98. The number of aromatic nitrogens is 3. The Kier molecular flexibility index (Phi) is 7.62. The minimum Gasteiger partial charge on any atom is -0.357 e. The van der Waals surface area contributed by atoms with E-state index < -0.39 is 0 Å². The van der Waals surface area contributed by atoms with E-state index in [1.54, 1.807) is 13.1 Å². The molecule has 0 atom stereocenters. The van der Waals surface area contributed by atoms with Crippen molar-refractivity contribution >= 4 is 41.0 Å². The largest absolute Gasteiger partial charge is 0.357 e. The predicted octanol–water partition coefficient (Wildman–Crippen LogP) is 5.17. The fourth-order valence-electron chi connectivity index (χ4n) is 4.00. The lowest BCUT2D eigenvalue weighted by molar-refractivity contribution is -0.126. The number of carbonyl (C=O) groups is 1. The highest BCUT2D eigenvalue weighted by atomic mass is 35.5. The molecular formula is C24H26Cl2N6O. The van der Waals surface area contributed by atoms with Crippen LogP contribution in [0.5, 0.6) is 0 Å². The van der Waals surface area contributed by atoms with Crippen LogP contribution < -0.4 is 16.0 Å². The van der Waals surface area contributed by atoms with Gasteiger partial charge in [-0.1, -0.05) is 53.5 Å². The van der Waals surface area contributed by atoms with Crippen LogP contribution in [0.4, 0.5) is 11.9 Å². The quantitative estimate of drug-likeness (QED) is 0.428. The zero-order chi connectivity index (χ0) is 23.2.